The third kappa shape index (κ3) is 52.2. The highest BCUT2D eigenvalue weighted by Gasteiger charge is 2.29. The van der Waals surface area contributed by atoms with E-state index in [0.717, 1.165) is 25.7 Å². The third-order valence-electron chi connectivity index (χ3n) is 4.71. The first-order chi connectivity index (χ1) is 20.6. The molecule has 0 amide bonds. The van der Waals surface area contributed by atoms with E-state index < -0.39 is 61.5 Å². The van der Waals surface area contributed by atoms with Crippen LogP contribution in [0.25, 0.3) is 0 Å². The van der Waals surface area contributed by atoms with Crippen molar-refractivity contribution in [1.82, 2.24) is 0 Å². The summed E-state index contributed by atoms with van der Waals surface area (Å²) >= 11 is 0. The van der Waals surface area contributed by atoms with Crippen molar-refractivity contribution in [3.05, 3.63) is 0 Å². The first kappa shape index (κ1) is 51.1. The molecule has 0 rings (SSSR count). The van der Waals surface area contributed by atoms with Crippen LogP contribution in [0.4, 0.5) is 0 Å². The number of carboxylic acid groups (broad SMARTS) is 4. The summed E-state index contributed by atoms with van der Waals surface area (Å²) < 4.78 is 0. The van der Waals surface area contributed by atoms with E-state index in [2.05, 4.69) is 0 Å². The highest BCUT2D eigenvalue weighted by Crippen LogP contribution is 2.04. The van der Waals surface area contributed by atoms with Gasteiger partial charge < -0.3 is 71.5 Å². The van der Waals surface area contributed by atoms with Crippen LogP contribution >= 0.6 is 0 Å². The summed E-state index contributed by atoms with van der Waals surface area (Å²) in [4.78, 5) is 39.6. The van der Waals surface area contributed by atoms with Crippen molar-refractivity contribution >= 4 is 23.9 Å². The minimum atomic E-state index is -1.67. The van der Waals surface area contributed by atoms with Gasteiger partial charge in [0.15, 0.2) is 0 Å². The van der Waals surface area contributed by atoms with Crippen LogP contribution in [0.15, 0.2) is 0 Å². The second-order valence-electron chi connectivity index (χ2n) is 8.78. The number of aliphatic carboxylic acids is 4. The Morgan fingerprint density at radius 1 is 0.364 bits per heavy atom. The zero-order chi connectivity index (χ0) is 35.3. The van der Waals surface area contributed by atoms with Gasteiger partial charge in [0.2, 0.25) is 0 Å². The normalized spacial score (nSPS) is 12.5. The molecule has 4 unspecified atom stereocenters. The second kappa shape index (κ2) is 40.5. The molecule has 0 aromatic rings. The molecule has 0 saturated heterocycles. The fourth-order valence-corrected chi connectivity index (χ4v) is 2.22. The number of unbranched alkanes of at least 4 members (excludes halogenated alkanes) is 4. The second-order valence-corrected chi connectivity index (χ2v) is 8.78. The average molecular weight is 655 g/mol. The van der Waals surface area contributed by atoms with E-state index in [9.17, 15) is 19.2 Å². The SMILES string of the molecule is O=C(O)CCCCC(=O)O.O=C(O)CCCCC(=O)O.OCC(O)C(O)C(O)C(O)CO.OCCCCO.OCCCCO. The van der Waals surface area contributed by atoms with Gasteiger partial charge in [-0.3, -0.25) is 19.2 Å². The quantitative estimate of drug-likeness (QED) is 0.0562. The fraction of sp³-hybridized carbons (Fsp3) is 0.846. The first-order valence-electron chi connectivity index (χ1n) is 13.9. The molecule has 0 aromatic heterocycles. The lowest BCUT2D eigenvalue weighted by Crippen LogP contribution is -2.46. The van der Waals surface area contributed by atoms with Gasteiger partial charge in [0.1, 0.15) is 24.4 Å². The molecule has 0 aromatic carbocycles. The maximum absolute atomic E-state index is 9.90. The molecule has 14 N–H and O–H groups in total. The van der Waals surface area contributed by atoms with E-state index in [4.69, 9.17) is 71.5 Å². The van der Waals surface area contributed by atoms with Crippen LogP contribution in [0.2, 0.25) is 0 Å². The van der Waals surface area contributed by atoms with Crippen molar-refractivity contribution < 1.29 is 90.7 Å². The number of carbonyl (C=O) groups is 4. The topological polar surface area (TPSA) is 352 Å². The van der Waals surface area contributed by atoms with Crippen molar-refractivity contribution in [3.63, 3.8) is 0 Å². The summed E-state index contributed by atoms with van der Waals surface area (Å²) in [6.45, 7) is -0.672. The van der Waals surface area contributed by atoms with Crippen molar-refractivity contribution in [2.45, 2.75) is 101 Å². The van der Waals surface area contributed by atoms with Crippen LogP contribution in [-0.4, -0.2) is 159 Å². The fourth-order valence-electron chi connectivity index (χ4n) is 2.22. The Balaban J connectivity index is -0.000000148. The molecule has 18 heteroatoms. The Hall–Kier alpha value is -2.52. The minimum absolute atomic E-state index is 0.0628. The summed E-state index contributed by atoms with van der Waals surface area (Å²) in [5.74, 6) is -3.48. The third-order valence-corrected chi connectivity index (χ3v) is 4.71. The molecule has 266 valence electrons. The molecule has 44 heavy (non-hydrogen) atoms. The molecule has 0 heterocycles. The molecule has 0 bridgehead atoms. The summed E-state index contributed by atoms with van der Waals surface area (Å²) in [6, 6.07) is 0. The highest BCUT2D eigenvalue weighted by atomic mass is 16.4. The van der Waals surface area contributed by atoms with Gasteiger partial charge in [0.05, 0.1) is 13.2 Å². The largest absolute Gasteiger partial charge is 0.481 e. The van der Waals surface area contributed by atoms with Crippen molar-refractivity contribution in [3.8, 4) is 0 Å². The van der Waals surface area contributed by atoms with E-state index in [1.54, 1.807) is 0 Å². The van der Waals surface area contributed by atoms with E-state index in [-0.39, 0.29) is 52.1 Å². The van der Waals surface area contributed by atoms with Gasteiger partial charge in [-0.15, -0.1) is 0 Å². The van der Waals surface area contributed by atoms with Crippen LogP contribution in [0.5, 0.6) is 0 Å². The Morgan fingerprint density at radius 2 is 0.545 bits per heavy atom. The number of rotatable bonds is 21. The molecule has 0 fully saturated rings. The Labute approximate surface area is 256 Å². The maximum atomic E-state index is 9.90. The summed E-state index contributed by atoms with van der Waals surface area (Å²) in [7, 11) is 0. The molecule has 0 spiro atoms. The van der Waals surface area contributed by atoms with Gasteiger partial charge in [0, 0.05) is 52.1 Å². The Bertz CT molecular complexity index is 554. The smallest absolute Gasteiger partial charge is 0.303 e. The van der Waals surface area contributed by atoms with E-state index in [1.807, 2.05) is 0 Å². The van der Waals surface area contributed by atoms with Crippen molar-refractivity contribution in [1.29, 1.82) is 0 Å². The standard InChI is InChI=1S/C6H14O6.2C6H10O4.2C4H10O2/c7-1-3(9)5(11)6(12)4(10)2-8;2*7-5(8)3-1-2-4-6(9)10;2*5-3-1-2-4-6/h3-12H,1-2H2;2*1-4H2,(H,7,8)(H,9,10);2*5-6H,1-4H2. The summed E-state index contributed by atoms with van der Waals surface area (Å²) in [6.07, 6.45) is -1.48. The Morgan fingerprint density at radius 3 is 0.659 bits per heavy atom. The summed E-state index contributed by atoms with van der Waals surface area (Å²) in [5, 5.41) is 117. The molecule has 0 saturated carbocycles. The van der Waals surface area contributed by atoms with Crippen molar-refractivity contribution in [2.75, 3.05) is 39.6 Å². The lowest BCUT2D eigenvalue weighted by Gasteiger charge is -2.24. The van der Waals surface area contributed by atoms with Crippen LogP contribution in [0.1, 0.15) is 77.0 Å². The van der Waals surface area contributed by atoms with Crippen LogP contribution in [0.3, 0.4) is 0 Å². The predicted molar refractivity (Wildman–Crippen MR) is 152 cm³/mol. The molecule has 0 aliphatic heterocycles. The van der Waals surface area contributed by atoms with Gasteiger partial charge in [-0.2, -0.15) is 0 Å². The molecule has 0 radical (unpaired) electrons. The van der Waals surface area contributed by atoms with E-state index in [0.29, 0.717) is 25.7 Å². The summed E-state index contributed by atoms with van der Waals surface area (Å²) in [5.41, 5.74) is 0. The zero-order valence-corrected chi connectivity index (χ0v) is 24.9. The van der Waals surface area contributed by atoms with E-state index in [1.165, 1.54) is 0 Å². The van der Waals surface area contributed by atoms with Crippen molar-refractivity contribution in [2.24, 2.45) is 0 Å². The molecule has 0 aliphatic rings. The number of aliphatic hydroxyl groups is 10. The minimum Gasteiger partial charge on any atom is -0.481 e. The number of carboxylic acids is 4. The van der Waals surface area contributed by atoms with Gasteiger partial charge in [-0.1, -0.05) is 0 Å². The van der Waals surface area contributed by atoms with Gasteiger partial charge >= 0.3 is 23.9 Å². The number of hydrogen-bond acceptors (Lipinski definition) is 14. The first-order valence-corrected chi connectivity index (χ1v) is 13.9. The number of hydrogen-bond donors (Lipinski definition) is 14. The maximum Gasteiger partial charge on any atom is 0.303 e. The zero-order valence-electron chi connectivity index (χ0n) is 24.9. The van der Waals surface area contributed by atoms with Gasteiger partial charge in [-0.25, -0.2) is 0 Å². The van der Waals surface area contributed by atoms with Crippen LogP contribution < -0.4 is 0 Å². The van der Waals surface area contributed by atoms with E-state index >= 15 is 0 Å². The molecule has 4 atom stereocenters. The van der Waals surface area contributed by atoms with Crippen LogP contribution in [0, 0.1) is 0 Å². The highest BCUT2D eigenvalue weighted by molar-refractivity contribution is 5.68. The van der Waals surface area contributed by atoms with Crippen LogP contribution in [-0.2, 0) is 19.2 Å². The molecular weight excluding hydrogens is 600 g/mol. The molecule has 18 nitrogen and oxygen atoms in total. The lowest BCUT2D eigenvalue weighted by atomic mass is 10.0. The molecule has 0 aliphatic carbocycles. The average Bonchev–Trinajstić information content (AvgIpc) is 2.98. The predicted octanol–water partition coefficient (Wildman–Crippen LogP) is -2.65. The lowest BCUT2D eigenvalue weighted by molar-refractivity contribution is -0.139. The Kier molecular flexibility index (Phi) is 47.0. The van der Waals surface area contributed by atoms with Gasteiger partial charge in [0.25, 0.3) is 0 Å². The molecular formula is C26H54O18. The monoisotopic (exact) mass is 654 g/mol. The number of aliphatic hydroxyl groups excluding tert-OH is 10. The van der Waals surface area contributed by atoms with Gasteiger partial charge in [-0.05, 0) is 51.4 Å².